The lowest BCUT2D eigenvalue weighted by Crippen LogP contribution is -2.39. The van der Waals surface area contributed by atoms with Gasteiger partial charge in [-0.1, -0.05) is 6.07 Å². The number of carbonyl (C=O) groups is 1. The minimum atomic E-state index is 0.136. The van der Waals surface area contributed by atoms with Crippen LogP contribution in [0.3, 0.4) is 0 Å². The van der Waals surface area contributed by atoms with Crippen molar-refractivity contribution in [3.63, 3.8) is 0 Å². The highest BCUT2D eigenvalue weighted by atomic mass is 16.2. The Morgan fingerprint density at radius 3 is 2.80 bits per heavy atom. The lowest BCUT2D eigenvalue weighted by Gasteiger charge is -2.33. The van der Waals surface area contributed by atoms with Crippen molar-refractivity contribution < 1.29 is 4.79 Å². The number of nitrogens with two attached hydrogens (primary N) is 1. The first kappa shape index (κ1) is 13.6. The molecule has 1 aliphatic carbocycles. The van der Waals surface area contributed by atoms with Gasteiger partial charge in [-0.15, -0.1) is 0 Å². The van der Waals surface area contributed by atoms with Gasteiger partial charge >= 0.3 is 0 Å². The third kappa shape index (κ3) is 2.35. The molecule has 2 atom stereocenters. The van der Waals surface area contributed by atoms with Crippen molar-refractivity contribution in [1.82, 2.24) is 0 Å². The molecule has 1 fully saturated rings. The number of nitrogens with zero attached hydrogens (tertiary/aromatic N) is 1. The summed E-state index contributed by atoms with van der Waals surface area (Å²) in [6, 6.07) is 4.61. The molecule has 108 valence electrons. The maximum Gasteiger partial charge on any atom is 0.230 e. The molecule has 0 radical (unpaired) electrons. The van der Waals surface area contributed by atoms with Crippen LogP contribution < -0.4 is 10.6 Å². The van der Waals surface area contributed by atoms with Gasteiger partial charge in [0.1, 0.15) is 0 Å². The van der Waals surface area contributed by atoms with E-state index in [9.17, 15) is 4.79 Å². The van der Waals surface area contributed by atoms with Gasteiger partial charge in [0.05, 0.1) is 0 Å². The summed E-state index contributed by atoms with van der Waals surface area (Å²) in [4.78, 5) is 14.8. The number of rotatable bonds is 1. The first-order valence-corrected chi connectivity index (χ1v) is 7.73. The topological polar surface area (TPSA) is 46.3 Å². The van der Waals surface area contributed by atoms with Crippen LogP contribution in [0.15, 0.2) is 12.1 Å². The van der Waals surface area contributed by atoms with Crippen molar-refractivity contribution >= 4 is 11.6 Å². The van der Waals surface area contributed by atoms with Crippen LogP contribution in [0.4, 0.5) is 5.69 Å². The molecule has 20 heavy (non-hydrogen) atoms. The Labute approximate surface area is 121 Å². The number of carbonyl (C=O) groups excluding carboxylic acids is 1. The van der Waals surface area contributed by atoms with Crippen LogP contribution >= 0.6 is 0 Å². The van der Waals surface area contributed by atoms with Crippen LogP contribution in [0.1, 0.15) is 42.4 Å². The summed E-state index contributed by atoms with van der Waals surface area (Å²) in [6.07, 6.45) is 4.97. The number of hydrogen-bond donors (Lipinski definition) is 1. The molecular formula is C17H24N2O. The minimum absolute atomic E-state index is 0.136. The normalized spacial score (nSPS) is 25.6. The van der Waals surface area contributed by atoms with E-state index in [1.807, 2.05) is 4.90 Å². The smallest absolute Gasteiger partial charge is 0.230 e. The van der Waals surface area contributed by atoms with Gasteiger partial charge in [-0.2, -0.15) is 0 Å². The van der Waals surface area contributed by atoms with E-state index < -0.39 is 0 Å². The maximum absolute atomic E-state index is 12.8. The van der Waals surface area contributed by atoms with Gasteiger partial charge < -0.3 is 10.6 Å². The Morgan fingerprint density at radius 2 is 2.10 bits per heavy atom. The zero-order valence-electron chi connectivity index (χ0n) is 12.5. The average molecular weight is 272 g/mol. The number of benzene rings is 1. The molecule has 0 saturated heterocycles. The van der Waals surface area contributed by atoms with Gasteiger partial charge in [0.25, 0.3) is 0 Å². The largest absolute Gasteiger partial charge is 0.328 e. The van der Waals surface area contributed by atoms with Gasteiger partial charge in [-0.05, 0) is 68.7 Å². The Bertz CT molecular complexity index is 538. The zero-order chi connectivity index (χ0) is 14.3. The molecule has 2 N–H and O–H groups in total. The second-order valence-electron chi connectivity index (χ2n) is 6.44. The van der Waals surface area contributed by atoms with Gasteiger partial charge in [0.15, 0.2) is 0 Å². The van der Waals surface area contributed by atoms with Crippen LogP contribution in [-0.4, -0.2) is 18.5 Å². The van der Waals surface area contributed by atoms with Crippen molar-refractivity contribution in [2.75, 3.05) is 11.4 Å². The van der Waals surface area contributed by atoms with Crippen LogP contribution in [0, 0.1) is 19.8 Å². The number of anilines is 1. The van der Waals surface area contributed by atoms with Gasteiger partial charge in [0.2, 0.25) is 5.91 Å². The molecule has 0 spiro atoms. The van der Waals surface area contributed by atoms with E-state index >= 15 is 0 Å². The van der Waals surface area contributed by atoms with Crippen LogP contribution in [0.5, 0.6) is 0 Å². The van der Waals surface area contributed by atoms with E-state index in [1.54, 1.807) is 0 Å². The predicted octanol–water partition coefficient (Wildman–Crippen LogP) is 2.71. The maximum atomic E-state index is 12.8. The summed E-state index contributed by atoms with van der Waals surface area (Å²) in [7, 11) is 0. The second kappa shape index (κ2) is 5.21. The minimum Gasteiger partial charge on any atom is -0.328 e. The van der Waals surface area contributed by atoms with Crippen molar-refractivity contribution in [3.05, 3.63) is 28.8 Å². The highest BCUT2D eigenvalue weighted by Gasteiger charge is 2.33. The highest BCUT2D eigenvalue weighted by molar-refractivity contribution is 5.96. The third-order valence-electron chi connectivity index (χ3n) is 4.78. The molecule has 1 aromatic rings. The molecule has 0 bridgehead atoms. The van der Waals surface area contributed by atoms with Crippen LogP contribution in [0.25, 0.3) is 0 Å². The first-order chi connectivity index (χ1) is 9.56. The second-order valence-corrected chi connectivity index (χ2v) is 6.44. The van der Waals surface area contributed by atoms with Crippen molar-refractivity contribution in [2.24, 2.45) is 11.7 Å². The van der Waals surface area contributed by atoms with Gasteiger partial charge in [-0.25, -0.2) is 0 Å². The monoisotopic (exact) mass is 272 g/mol. The van der Waals surface area contributed by atoms with Crippen molar-refractivity contribution in [3.8, 4) is 0 Å². The standard InChI is InChI=1S/C17H24N2O/c1-11-8-12(2)15-4-3-7-19(16(15)9-11)17(20)13-5-6-14(18)10-13/h8-9,13-14H,3-7,10,18H2,1-2H3. The molecule has 1 saturated carbocycles. The molecule has 0 aromatic heterocycles. The fourth-order valence-electron chi connectivity index (χ4n) is 3.77. The fraction of sp³-hybridized carbons (Fsp3) is 0.588. The van der Waals surface area contributed by atoms with E-state index in [1.165, 1.54) is 16.7 Å². The predicted molar refractivity (Wildman–Crippen MR) is 81.9 cm³/mol. The summed E-state index contributed by atoms with van der Waals surface area (Å²) in [5, 5.41) is 0. The summed E-state index contributed by atoms with van der Waals surface area (Å²) in [6.45, 7) is 5.13. The van der Waals surface area contributed by atoms with E-state index in [0.29, 0.717) is 5.91 Å². The van der Waals surface area contributed by atoms with E-state index in [0.717, 1.165) is 44.3 Å². The summed E-state index contributed by atoms with van der Waals surface area (Å²) in [5.41, 5.74) is 11.0. The highest BCUT2D eigenvalue weighted by Crippen LogP contribution is 2.34. The van der Waals surface area contributed by atoms with E-state index in [4.69, 9.17) is 5.73 Å². The molecular weight excluding hydrogens is 248 g/mol. The number of amides is 1. The Hall–Kier alpha value is -1.35. The van der Waals surface area contributed by atoms with Gasteiger partial charge in [-0.3, -0.25) is 4.79 Å². The fourth-order valence-corrected chi connectivity index (χ4v) is 3.77. The van der Waals surface area contributed by atoms with Crippen molar-refractivity contribution in [1.29, 1.82) is 0 Å². The molecule has 1 aliphatic heterocycles. The van der Waals surface area contributed by atoms with Crippen molar-refractivity contribution in [2.45, 2.75) is 52.0 Å². The molecule has 1 heterocycles. The Balaban J connectivity index is 1.91. The number of fused-ring (bicyclic) bond motifs is 1. The lowest BCUT2D eigenvalue weighted by atomic mass is 9.93. The average Bonchev–Trinajstić information content (AvgIpc) is 2.84. The Kier molecular flexibility index (Phi) is 3.55. The molecule has 2 aliphatic rings. The Morgan fingerprint density at radius 1 is 1.30 bits per heavy atom. The molecule has 3 heteroatoms. The number of aryl methyl sites for hydroxylation is 2. The summed E-state index contributed by atoms with van der Waals surface area (Å²) in [5.74, 6) is 0.431. The SMILES string of the molecule is Cc1cc(C)c2c(c1)N(C(=O)C1CCC(N)C1)CCC2. The number of hydrogen-bond acceptors (Lipinski definition) is 2. The van der Waals surface area contributed by atoms with E-state index in [-0.39, 0.29) is 12.0 Å². The van der Waals surface area contributed by atoms with Crippen LogP contribution in [-0.2, 0) is 11.2 Å². The molecule has 3 rings (SSSR count). The zero-order valence-corrected chi connectivity index (χ0v) is 12.5. The summed E-state index contributed by atoms with van der Waals surface area (Å²) >= 11 is 0. The molecule has 1 aromatic carbocycles. The molecule has 3 nitrogen and oxygen atoms in total. The lowest BCUT2D eigenvalue weighted by molar-refractivity contribution is -0.122. The molecule has 2 unspecified atom stereocenters. The third-order valence-corrected chi connectivity index (χ3v) is 4.78. The quantitative estimate of drug-likeness (QED) is 0.854. The molecule has 1 amide bonds. The first-order valence-electron chi connectivity index (χ1n) is 7.73. The van der Waals surface area contributed by atoms with Gasteiger partial charge in [0, 0.05) is 24.2 Å². The van der Waals surface area contributed by atoms with E-state index in [2.05, 4.69) is 26.0 Å². The summed E-state index contributed by atoms with van der Waals surface area (Å²) < 4.78 is 0. The van der Waals surface area contributed by atoms with Crippen LogP contribution in [0.2, 0.25) is 0 Å².